The summed E-state index contributed by atoms with van der Waals surface area (Å²) < 4.78 is 5.50. The standard InChI is InChI=1S/C12H18N2O/c1-3-5-11-12(15-9-13-11)10-6-4-7-14(2)8-10/h6,9H,3-5,7-8H2,1-2H3. The first-order valence-corrected chi connectivity index (χ1v) is 5.61. The zero-order chi connectivity index (χ0) is 10.7. The molecule has 0 N–H and O–H groups in total. The number of rotatable bonds is 3. The van der Waals surface area contributed by atoms with Crippen LogP contribution in [0.2, 0.25) is 0 Å². The fourth-order valence-electron chi connectivity index (χ4n) is 2.00. The third kappa shape index (κ3) is 2.29. The summed E-state index contributed by atoms with van der Waals surface area (Å²) in [5.41, 5.74) is 2.41. The quantitative estimate of drug-likeness (QED) is 0.760. The normalized spacial score (nSPS) is 17.9. The highest BCUT2D eigenvalue weighted by Crippen LogP contribution is 2.23. The molecule has 1 aliphatic rings. The Kier molecular flexibility index (Phi) is 3.21. The van der Waals surface area contributed by atoms with Gasteiger partial charge in [-0.1, -0.05) is 19.4 Å². The van der Waals surface area contributed by atoms with Crippen LogP contribution in [0.4, 0.5) is 0 Å². The molecule has 1 aromatic rings. The summed E-state index contributed by atoms with van der Waals surface area (Å²) in [6, 6.07) is 0. The fraction of sp³-hybridized carbons (Fsp3) is 0.583. The lowest BCUT2D eigenvalue weighted by Gasteiger charge is -2.21. The summed E-state index contributed by atoms with van der Waals surface area (Å²) in [6.07, 6.45) is 7.07. The van der Waals surface area contributed by atoms with Crippen molar-refractivity contribution in [3.63, 3.8) is 0 Å². The summed E-state index contributed by atoms with van der Waals surface area (Å²) in [5.74, 6) is 1.00. The molecule has 82 valence electrons. The molecule has 0 spiro atoms. The average molecular weight is 206 g/mol. The molecule has 0 atom stereocenters. The zero-order valence-electron chi connectivity index (χ0n) is 9.49. The molecule has 1 aliphatic heterocycles. The van der Waals surface area contributed by atoms with E-state index in [0.717, 1.165) is 43.8 Å². The summed E-state index contributed by atoms with van der Waals surface area (Å²) in [6.45, 7) is 4.28. The Morgan fingerprint density at radius 1 is 1.53 bits per heavy atom. The Morgan fingerprint density at radius 3 is 3.13 bits per heavy atom. The molecule has 0 amide bonds. The first-order chi connectivity index (χ1) is 7.31. The van der Waals surface area contributed by atoms with Crippen molar-refractivity contribution in [3.8, 4) is 0 Å². The van der Waals surface area contributed by atoms with Crippen LogP contribution in [0, 0.1) is 0 Å². The maximum atomic E-state index is 5.50. The van der Waals surface area contributed by atoms with Gasteiger partial charge in [0.2, 0.25) is 0 Å². The predicted molar refractivity (Wildman–Crippen MR) is 60.6 cm³/mol. The average Bonchev–Trinajstić information content (AvgIpc) is 2.66. The molecule has 0 fully saturated rings. The van der Waals surface area contributed by atoms with Gasteiger partial charge < -0.3 is 9.32 Å². The fourth-order valence-corrected chi connectivity index (χ4v) is 2.00. The van der Waals surface area contributed by atoms with Crippen LogP contribution in [0.3, 0.4) is 0 Å². The molecule has 0 aliphatic carbocycles. The number of nitrogens with zero attached hydrogens (tertiary/aromatic N) is 2. The van der Waals surface area contributed by atoms with Gasteiger partial charge in [0.1, 0.15) is 0 Å². The molecular formula is C12H18N2O. The highest BCUT2D eigenvalue weighted by molar-refractivity contribution is 5.65. The summed E-state index contributed by atoms with van der Waals surface area (Å²) in [4.78, 5) is 6.59. The molecule has 15 heavy (non-hydrogen) atoms. The first kappa shape index (κ1) is 10.4. The molecule has 0 saturated heterocycles. The predicted octanol–water partition coefficient (Wildman–Crippen LogP) is 2.35. The number of oxazole rings is 1. The van der Waals surface area contributed by atoms with E-state index in [0.29, 0.717) is 0 Å². The lowest BCUT2D eigenvalue weighted by molar-refractivity contribution is 0.368. The minimum atomic E-state index is 0.978. The summed E-state index contributed by atoms with van der Waals surface area (Å²) in [5, 5.41) is 0. The zero-order valence-corrected chi connectivity index (χ0v) is 9.49. The smallest absolute Gasteiger partial charge is 0.181 e. The third-order valence-electron chi connectivity index (χ3n) is 2.76. The summed E-state index contributed by atoms with van der Waals surface area (Å²) in [7, 11) is 2.14. The van der Waals surface area contributed by atoms with Gasteiger partial charge in [-0.25, -0.2) is 4.98 Å². The van der Waals surface area contributed by atoms with Gasteiger partial charge >= 0.3 is 0 Å². The van der Waals surface area contributed by atoms with Crippen LogP contribution in [0.1, 0.15) is 31.2 Å². The molecule has 0 aromatic carbocycles. The highest BCUT2D eigenvalue weighted by atomic mass is 16.3. The Balaban J connectivity index is 2.21. The second kappa shape index (κ2) is 4.62. The lowest BCUT2D eigenvalue weighted by atomic mass is 10.0. The van der Waals surface area contributed by atoms with Crippen molar-refractivity contribution >= 4 is 5.57 Å². The van der Waals surface area contributed by atoms with Crippen LogP contribution in [0.15, 0.2) is 16.9 Å². The maximum absolute atomic E-state index is 5.50. The second-order valence-corrected chi connectivity index (χ2v) is 4.13. The van der Waals surface area contributed by atoms with Crippen molar-refractivity contribution in [2.75, 3.05) is 20.1 Å². The second-order valence-electron chi connectivity index (χ2n) is 4.13. The largest absolute Gasteiger partial charge is 0.444 e. The van der Waals surface area contributed by atoms with E-state index in [1.165, 1.54) is 5.57 Å². The Hall–Kier alpha value is -1.09. The van der Waals surface area contributed by atoms with E-state index in [2.05, 4.69) is 29.9 Å². The molecule has 2 heterocycles. The van der Waals surface area contributed by atoms with E-state index in [1.807, 2.05) is 0 Å². The van der Waals surface area contributed by atoms with E-state index in [9.17, 15) is 0 Å². The van der Waals surface area contributed by atoms with E-state index < -0.39 is 0 Å². The number of likely N-dealkylation sites (N-methyl/N-ethyl adjacent to an activating group) is 1. The minimum absolute atomic E-state index is 0.978. The van der Waals surface area contributed by atoms with Crippen molar-refractivity contribution in [2.45, 2.75) is 26.2 Å². The van der Waals surface area contributed by atoms with E-state index >= 15 is 0 Å². The molecule has 0 unspecified atom stereocenters. The van der Waals surface area contributed by atoms with Gasteiger partial charge in [-0.2, -0.15) is 0 Å². The Bertz CT molecular complexity index is 354. The van der Waals surface area contributed by atoms with Crippen molar-refractivity contribution in [1.29, 1.82) is 0 Å². The maximum Gasteiger partial charge on any atom is 0.181 e. The van der Waals surface area contributed by atoms with Gasteiger partial charge in [-0.05, 0) is 19.9 Å². The highest BCUT2D eigenvalue weighted by Gasteiger charge is 2.16. The SMILES string of the molecule is CCCc1ncoc1C1=CCCN(C)C1. The van der Waals surface area contributed by atoms with Gasteiger partial charge in [-0.3, -0.25) is 0 Å². The van der Waals surface area contributed by atoms with Crippen molar-refractivity contribution in [3.05, 3.63) is 23.9 Å². The van der Waals surface area contributed by atoms with Gasteiger partial charge in [0, 0.05) is 18.7 Å². The van der Waals surface area contributed by atoms with Crippen molar-refractivity contribution < 1.29 is 4.42 Å². The molecule has 0 radical (unpaired) electrons. The Labute approximate surface area is 90.8 Å². The monoisotopic (exact) mass is 206 g/mol. The van der Waals surface area contributed by atoms with Gasteiger partial charge in [0.25, 0.3) is 0 Å². The molecule has 0 bridgehead atoms. The molecular weight excluding hydrogens is 188 g/mol. The van der Waals surface area contributed by atoms with E-state index in [1.54, 1.807) is 6.39 Å². The van der Waals surface area contributed by atoms with Crippen LogP contribution in [0.25, 0.3) is 5.57 Å². The van der Waals surface area contributed by atoms with Gasteiger partial charge in [0.05, 0.1) is 5.69 Å². The number of hydrogen-bond acceptors (Lipinski definition) is 3. The van der Waals surface area contributed by atoms with Crippen LogP contribution >= 0.6 is 0 Å². The van der Waals surface area contributed by atoms with Crippen LogP contribution in [-0.2, 0) is 6.42 Å². The van der Waals surface area contributed by atoms with Crippen LogP contribution in [0.5, 0.6) is 0 Å². The first-order valence-electron chi connectivity index (χ1n) is 5.61. The number of aryl methyl sites for hydroxylation is 1. The van der Waals surface area contributed by atoms with E-state index in [-0.39, 0.29) is 0 Å². The van der Waals surface area contributed by atoms with Crippen molar-refractivity contribution in [2.24, 2.45) is 0 Å². The lowest BCUT2D eigenvalue weighted by Crippen LogP contribution is -2.25. The van der Waals surface area contributed by atoms with Crippen LogP contribution < -0.4 is 0 Å². The Morgan fingerprint density at radius 2 is 2.40 bits per heavy atom. The number of aromatic nitrogens is 1. The van der Waals surface area contributed by atoms with Crippen LogP contribution in [-0.4, -0.2) is 30.0 Å². The topological polar surface area (TPSA) is 29.3 Å². The van der Waals surface area contributed by atoms with E-state index in [4.69, 9.17) is 4.42 Å². The third-order valence-corrected chi connectivity index (χ3v) is 2.76. The van der Waals surface area contributed by atoms with Gasteiger partial charge in [0.15, 0.2) is 12.2 Å². The molecule has 0 saturated carbocycles. The molecule has 3 heteroatoms. The minimum Gasteiger partial charge on any atom is -0.444 e. The number of hydrogen-bond donors (Lipinski definition) is 0. The summed E-state index contributed by atoms with van der Waals surface area (Å²) >= 11 is 0. The molecule has 3 nitrogen and oxygen atoms in total. The molecule has 1 aromatic heterocycles. The van der Waals surface area contributed by atoms with Gasteiger partial charge in [-0.15, -0.1) is 0 Å². The molecule has 2 rings (SSSR count). The van der Waals surface area contributed by atoms with Crippen molar-refractivity contribution in [1.82, 2.24) is 9.88 Å².